The van der Waals surface area contributed by atoms with E-state index < -0.39 is 0 Å². The van der Waals surface area contributed by atoms with E-state index in [-0.39, 0.29) is 5.91 Å². The summed E-state index contributed by atoms with van der Waals surface area (Å²) in [7, 11) is 0. The molecule has 1 aromatic carbocycles. The molecule has 0 aromatic heterocycles. The SMILES string of the molecule is CCc1ccc(CCN2CCN(CC(=O)N3CCOCC3)CC2)cc1. The second-order valence-electron chi connectivity index (χ2n) is 7.03. The molecule has 0 N–H and O–H groups in total. The number of morpholine rings is 1. The Labute approximate surface area is 151 Å². The highest BCUT2D eigenvalue weighted by Crippen LogP contribution is 2.09. The highest BCUT2D eigenvalue weighted by molar-refractivity contribution is 5.78. The molecule has 25 heavy (non-hydrogen) atoms. The summed E-state index contributed by atoms with van der Waals surface area (Å²) < 4.78 is 5.32. The normalized spacial score (nSPS) is 20.0. The molecular formula is C20H31N3O2. The molecule has 0 aliphatic carbocycles. The second kappa shape index (κ2) is 9.32. The Morgan fingerprint density at radius 3 is 2.16 bits per heavy atom. The molecule has 0 radical (unpaired) electrons. The summed E-state index contributed by atoms with van der Waals surface area (Å²) in [4.78, 5) is 19.1. The van der Waals surface area contributed by atoms with Crippen molar-refractivity contribution in [2.75, 3.05) is 65.6 Å². The monoisotopic (exact) mass is 345 g/mol. The van der Waals surface area contributed by atoms with E-state index in [9.17, 15) is 4.79 Å². The first-order valence-corrected chi connectivity index (χ1v) is 9.62. The van der Waals surface area contributed by atoms with E-state index in [1.54, 1.807) is 0 Å². The van der Waals surface area contributed by atoms with E-state index in [0.29, 0.717) is 19.8 Å². The van der Waals surface area contributed by atoms with E-state index in [4.69, 9.17) is 4.74 Å². The fourth-order valence-electron chi connectivity index (χ4n) is 3.50. The molecular weight excluding hydrogens is 314 g/mol. The molecule has 0 unspecified atom stereocenters. The van der Waals surface area contributed by atoms with Gasteiger partial charge in [-0.3, -0.25) is 9.69 Å². The van der Waals surface area contributed by atoms with Crippen molar-refractivity contribution in [2.45, 2.75) is 19.8 Å². The fourth-order valence-corrected chi connectivity index (χ4v) is 3.50. The first-order chi connectivity index (χ1) is 12.2. The molecule has 2 heterocycles. The van der Waals surface area contributed by atoms with Gasteiger partial charge in [-0.05, 0) is 24.0 Å². The van der Waals surface area contributed by atoms with Gasteiger partial charge < -0.3 is 14.5 Å². The maximum absolute atomic E-state index is 12.3. The fraction of sp³-hybridized carbons (Fsp3) is 0.650. The first kappa shape index (κ1) is 18.4. The van der Waals surface area contributed by atoms with Crippen molar-refractivity contribution < 1.29 is 9.53 Å². The molecule has 5 heteroatoms. The van der Waals surface area contributed by atoms with Gasteiger partial charge in [0.2, 0.25) is 5.91 Å². The minimum atomic E-state index is 0.257. The van der Waals surface area contributed by atoms with Crippen LogP contribution in [-0.4, -0.2) is 86.2 Å². The van der Waals surface area contributed by atoms with Crippen LogP contribution >= 0.6 is 0 Å². The van der Waals surface area contributed by atoms with Gasteiger partial charge in [0.05, 0.1) is 19.8 Å². The van der Waals surface area contributed by atoms with Crippen LogP contribution in [0.4, 0.5) is 0 Å². The minimum absolute atomic E-state index is 0.257. The van der Waals surface area contributed by atoms with Crippen LogP contribution in [-0.2, 0) is 22.4 Å². The predicted octanol–water partition coefficient (Wildman–Crippen LogP) is 1.27. The molecule has 138 valence electrons. The average Bonchev–Trinajstić information content (AvgIpc) is 2.68. The van der Waals surface area contributed by atoms with Crippen molar-refractivity contribution in [1.29, 1.82) is 0 Å². The van der Waals surface area contributed by atoms with E-state index in [2.05, 4.69) is 41.0 Å². The van der Waals surface area contributed by atoms with Crippen molar-refractivity contribution in [1.82, 2.24) is 14.7 Å². The lowest BCUT2D eigenvalue weighted by Gasteiger charge is -2.36. The second-order valence-corrected chi connectivity index (χ2v) is 7.03. The van der Waals surface area contributed by atoms with Crippen molar-refractivity contribution in [3.05, 3.63) is 35.4 Å². The molecule has 2 aliphatic heterocycles. The summed E-state index contributed by atoms with van der Waals surface area (Å²) in [5.74, 6) is 0.257. The van der Waals surface area contributed by atoms with Gasteiger partial charge in [0.1, 0.15) is 0 Å². The van der Waals surface area contributed by atoms with Gasteiger partial charge in [0, 0.05) is 45.8 Å². The molecule has 1 amide bonds. The summed E-state index contributed by atoms with van der Waals surface area (Å²) in [5.41, 5.74) is 2.82. The van der Waals surface area contributed by atoms with E-state index >= 15 is 0 Å². The van der Waals surface area contributed by atoms with Crippen molar-refractivity contribution in [2.24, 2.45) is 0 Å². The number of hydrogen-bond acceptors (Lipinski definition) is 4. The quantitative estimate of drug-likeness (QED) is 0.778. The van der Waals surface area contributed by atoms with Gasteiger partial charge in [0.25, 0.3) is 0 Å². The summed E-state index contributed by atoms with van der Waals surface area (Å²) in [5, 5.41) is 0. The maximum Gasteiger partial charge on any atom is 0.236 e. The van der Waals surface area contributed by atoms with Crippen molar-refractivity contribution in [3.8, 4) is 0 Å². The zero-order valence-electron chi connectivity index (χ0n) is 15.5. The molecule has 2 saturated heterocycles. The molecule has 3 rings (SSSR count). The number of amides is 1. The van der Waals surface area contributed by atoms with Crippen LogP contribution in [0, 0.1) is 0 Å². The highest BCUT2D eigenvalue weighted by atomic mass is 16.5. The summed E-state index contributed by atoms with van der Waals surface area (Å²) in [6.07, 6.45) is 2.21. The van der Waals surface area contributed by atoms with Gasteiger partial charge in [-0.1, -0.05) is 31.2 Å². The Hall–Kier alpha value is -1.43. The number of aryl methyl sites for hydroxylation is 1. The van der Waals surface area contributed by atoms with Crippen LogP contribution in [0.1, 0.15) is 18.1 Å². The lowest BCUT2D eigenvalue weighted by atomic mass is 10.1. The van der Waals surface area contributed by atoms with Gasteiger partial charge in [-0.15, -0.1) is 0 Å². The number of rotatable bonds is 6. The zero-order chi connectivity index (χ0) is 17.5. The largest absolute Gasteiger partial charge is 0.378 e. The third kappa shape index (κ3) is 5.53. The Morgan fingerprint density at radius 1 is 0.920 bits per heavy atom. The molecule has 0 saturated carbocycles. The van der Waals surface area contributed by atoms with Crippen molar-refractivity contribution in [3.63, 3.8) is 0 Å². The Morgan fingerprint density at radius 2 is 1.52 bits per heavy atom. The molecule has 0 spiro atoms. The first-order valence-electron chi connectivity index (χ1n) is 9.62. The topological polar surface area (TPSA) is 36.0 Å². The summed E-state index contributed by atoms with van der Waals surface area (Å²) in [6, 6.07) is 9.00. The minimum Gasteiger partial charge on any atom is -0.378 e. The van der Waals surface area contributed by atoms with Crippen molar-refractivity contribution >= 4 is 5.91 Å². The maximum atomic E-state index is 12.3. The number of nitrogens with zero attached hydrogens (tertiary/aromatic N) is 3. The number of carbonyl (C=O) groups excluding carboxylic acids is 1. The lowest BCUT2D eigenvalue weighted by molar-refractivity contribution is -0.136. The number of piperazine rings is 1. The number of carbonyl (C=O) groups is 1. The smallest absolute Gasteiger partial charge is 0.236 e. The molecule has 5 nitrogen and oxygen atoms in total. The highest BCUT2D eigenvalue weighted by Gasteiger charge is 2.22. The molecule has 1 aromatic rings. The number of ether oxygens (including phenoxy) is 1. The Bertz CT molecular complexity index is 532. The average molecular weight is 345 g/mol. The van der Waals surface area contributed by atoms with Crippen LogP contribution in [0.2, 0.25) is 0 Å². The Kier molecular flexibility index (Phi) is 6.84. The summed E-state index contributed by atoms with van der Waals surface area (Å²) in [6.45, 7) is 10.8. The Balaban J connectivity index is 1.35. The van der Waals surface area contributed by atoms with Gasteiger partial charge in [-0.2, -0.15) is 0 Å². The summed E-state index contributed by atoms with van der Waals surface area (Å²) >= 11 is 0. The van der Waals surface area contributed by atoms with E-state index in [1.165, 1.54) is 11.1 Å². The van der Waals surface area contributed by atoms with E-state index in [1.807, 2.05) is 4.90 Å². The van der Waals surface area contributed by atoms with Crippen LogP contribution in [0.3, 0.4) is 0 Å². The third-order valence-electron chi connectivity index (χ3n) is 5.34. The van der Waals surface area contributed by atoms with Crippen LogP contribution in [0.25, 0.3) is 0 Å². The third-order valence-corrected chi connectivity index (χ3v) is 5.34. The van der Waals surface area contributed by atoms with Crippen LogP contribution < -0.4 is 0 Å². The van der Waals surface area contributed by atoms with Crippen LogP contribution in [0.5, 0.6) is 0 Å². The predicted molar refractivity (Wildman–Crippen MR) is 99.8 cm³/mol. The van der Waals surface area contributed by atoms with Gasteiger partial charge in [0.15, 0.2) is 0 Å². The molecule has 2 fully saturated rings. The standard InChI is InChI=1S/C20H31N3O2/c1-2-18-3-5-19(6-4-18)7-8-21-9-11-22(12-10-21)17-20(24)23-13-15-25-16-14-23/h3-6H,2,7-17H2,1H3. The molecule has 0 atom stereocenters. The molecule has 2 aliphatic rings. The van der Waals surface area contributed by atoms with Crippen LogP contribution in [0.15, 0.2) is 24.3 Å². The van der Waals surface area contributed by atoms with Gasteiger partial charge in [-0.25, -0.2) is 0 Å². The van der Waals surface area contributed by atoms with Gasteiger partial charge >= 0.3 is 0 Å². The zero-order valence-corrected chi connectivity index (χ0v) is 15.5. The molecule has 0 bridgehead atoms. The number of hydrogen-bond donors (Lipinski definition) is 0. The number of benzene rings is 1. The van der Waals surface area contributed by atoms with E-state index in [0.717, 1.165) is 58.7 Å². The lowest BCUT2D eigenvalue weighted by Crippen LogP contribution is -2.51.